The summed E-state index contributed by atoms with van der Waals surface area (Å²) in [6.07, 6.45) is -0.359. The molecule has 1 fully saturated rings. The molecule has 2 rings (SSSR count). The number of nitrogens with one attached hydrogen (secondary N) is 1. The van der Waals surface area contributed by atoms with Gasteiger partial charge >= 0.3 is 0 Å². The molecule has 1 saturated heterocycles. The molecule has 0 radical (unpaired) electrons. The van der Waals surface area contributed by atoms with Gasteiger partial charge in [0.2, 0.25) is 10.0 Å². The normalized spacial score (nSPS) is 23.8. The lowest BCUT2D eigenvalue weighted by molar-refractivity contribution is -0.0444. The maximum atomic E-state index is 12.3. The molecule has 1 aliphatic rings. The minimum Gasteiger partial charge on any atom is -0.373 e. The summed E-state index contributed by atoms with van der Waals surface area (Å²) in [7, 11) is -7.49. The summed E-state index contributed by atoms with van der Waals surface area (Å²) in [6, 6.07) is 5.85. The van der Waals surface area contributed by atoms with Crippen LogP contribution in [-0.4, -0.2) is 46.4 Å². The van der Waals surface area contributed by atoms with Crippen molar-refractivity contribution in [1.29, 1.82) is 0 Å². The van der Waals surface area contributed by atoms with Crippen LogP contribution in [0.25, 0.3) is 0 Å². The highest BCUT2D eigenvalue weighted by molar-refractivity contribution is 7.89. The summed E-state index contributed by atoms with van der Waals surface area (Å²) in [5.74, 6) is 0. The van der Waals surface area contributed by atoms with E-state index >= 15 is 0 Å². The first-order chi connectivity index (χ1) is 10.6. The van der Waals surface area contributed by atoms with Crippen molar-refractivity contribution in [2.75, 3.05) is 13.1 Å². The molecule has 23 heavy (non-hydrogen) atoms. The second kappa shape index (κ2) is 6.83. The minimum absolute atomic E-state index is 0.0220. The Labute approximate surface area is 136 Å². The van der Waals surface area contributed by atoms with Gasteiger partial charge in [-0.3, -0.25) is 0 Å². The zero-order valence-corrected chi connectivity index (χ0v) is 14.6. The van der Waals surface area contributed by atoms with Gasteiger partial charge in [-0.05, 0) is 31.5 Å². The average Bonchev–Trinajstić information content (AvgIpc) is 2.44. The van der Waals surface area contributed by atoms with Crippen molar-refractivity contribution >= 4 is 20.2 Å². The third-order valence-corrected chi connectivity index (χ3v) is 5.81. The number of benzene rings is 1. The highest BCUT2D eigenvalue weighted by Crippen LogP contribution is 2.14. The van der Waals surface area contributed by atoms with E-state index in [0.29, 0.717) is 5.56 Å². The van der Waals surface area contributed by atoms with Crippen molar-refractivity contribution in [3.8, 4) is 0 Å². The van der Waals surface area contributed by atoms with Crippen LogP contribution < -0.4 is 9.86 Å². The third-order valence-electron chi connectivity index (χ3n) is 3.41. The largest absolute Gasteiger partial charge is 0.373 e. The molecule has 2 atom stereocenters. The SMILES string of the molecule is CC1CN(S(=O)(=O)NCc2cccc(S(N)(=O)=O)c2)CC(C)O1. The van der Waals surface area contributed by atoms with Crippen LogP contribution in [0.1, 0.15) is 19.4 Å². The standard InChI is InChI=1S/C13H21N3O5S2/c1-10-8-16(9-11(2)21-10)23(19,20)15-7-12-4-3-5-13(6-12)22(14,17)18/h3-6,10-11,15H,7-9H2,1-2H3,(H2,14,17,18). The van der Waals surface area contributed by atoms with E-state index in [9.17, 15) is 16.8 Å². The van der Waals surface area contributed by atoms with Gasteiger partial charge in [-0.2, -0.15) is 17.4 Å². The predicted molar refractivity (Wildman–Crippen MR) is 85.2 cm³/mol. The van der Waals surface area contributed by atoms with Crippen LogP contribution in [0.15, 0.2) is 29.2 Å². The summed E-state index contributed by atoms with van der Waals surface area (Å²) in [5, 5.41) is 5.07. The van der Waals surface area contributed by atoms with Crippen LogP contribution in [0.5, 0.6) is 0 Å². The first-order valence-corrected chi connectivity index (χ1v) is 10.1. The van der Waals surface area contributed by atoms with Gasteiger partial charge < -0.3 is 4.74 Å². The zero-order valence-electron chi connectivity index (χ0n) is 13.0. The lowest BCUT2D eigenvalue weighted by Gasteiger charge is -2.34. The smallest absolute Gasteiger partial charge is 0.279 e. The maximum Gasteiger partial charge on any atom is 0.279 e. The lowest BCUT2D eigenvalue weighted by Crippen LogP contribution is -2.51. The number of morpholine rings is 1. The Morgan fingerprint density at radius 3 is 2.39 bits per heavy atom. The molecule has 1 heterocycles. The molecule has 0 aliphatic carbocycles. The monoisotopic (exact) mass is 363 g/mol. The number of nitrogens with two attached hydrogens (primary N) is 1. The fraction of sp³-hybridized carbons (Fsp3) is 0.538. The lowest BCUT2D eigenvalue weighted by atomic mass is 10.2. The average molecular weight is 363 g/mol. The predicted octanol–water partition coefficient (Wildman–Crippen LogP) is -0.222. The second-order valence-electron chi connectivity index (χ2n) is 5.59. The number of hydrogen-bond acceptors (Lipinski definition) is 5. The highest BCUT2D eigenvalue weighted by Gasteiger charge is 2.30. The van der Waals surface area contributed by atoms with Crippen molar-refractivity contribution in [3.05, 3.63) is 29.8 Å². The van der Waals surface area contributed by atoms with Crippen LogP contribution in [0, 0.1) is 0 Å². The van der Waals surface area contributed by atoms with Crippen LogP contribution in [0.4, 0.5) is 0 Å². The van der Waals surface area contributed by atoms with Crippen molar-refractivity contribution in [2.24, 2.45) is 5.14 Å². The maximum absolute atomic E-state index is 12.3. The summed E-state index contributed by atoms with van der Waals surface area (Å²) >= 11 is 0. The van der Waals surface area contributed by atoms with E-state index in [-0.39, 0.29) is 36.7 Å². The Bertz CT molecular complexity index is 754. The molecule has 1 aromatic carbocycles. The topological polar surface area (TPSA) is 119 Å². The molecule has 1 aromatic rings. The Balaban J connectivity index is 2.08. The minimum atomic E-state index is -3.82. The molecular formula is C13H21N3O5S2. The van der Waals surface area contributed by atoms with E-state index in [1.54, 1.807) is 6.07 Å². The number of ether oxygens (including phenoxy) is 1. The van der Waals surface area contributed by atoms with Crippen LogP contribution >= 0.6 is 0 Å². The molecule has 1 aliphatic heterocycles. The van der Waals surface area contributed by atoms with E-state index in [1.807, 2.05) is 13.8 Å². The number of sulfonamides is 1. The van der Waals surface area contributed by atoms with Gasteiger partial charge in [-0.1, -0.05) is 12.1 Å². The molecular weight excluding hydrogens is 342 g/mol. The summed E-state index contributed by atoms with van der Waals surface area (Å²) < 4.78 is 56.7. The Kier molecular flexibility index (Phi) is 5.44. The van der Waals surface area contributed by atoms with E-state index in [2.05, 4.69) is 4.72 Å². The second-order valence-corrected chi connectivity index (χ2v) is 8.91. The van der Waals surface area contributed by atoms with E-state index in [4.69, 9.17) is 9.88 Å². The third kappa shape index (κ3) is 4.96. The number of hydrogen-bond donors (Lipinski definition) is 2. The summed E-state index contributed by atoms with van der Waals surface area (Å²) in [4.78, 5) is -0.0529. The molecule has 0 aromatic heterocycles. The first kappa shape index (κ1) is 18.3. The summed E-state index contributed by atoms with van der Waals surface area (Å²) in [6.45, 7) is 4.15. The first-order valence-electron chi connectivity index (χ1n) is 7.10. The highest BCUT2D eigenvalue weighted by atomic mass is 32.2. The molecule has 0 spiro atoms. The van der Waals surface area contributed by atoms with Crippen LogP contribution in [-0.2, 0) is 31.5 Å². The van der Waals surface area contributed by atoms with Crippen LogP contribution in [0.2, 0.25) is 0 Å². The molecule has 0 bridgehead atoms. The van der Waals surface area contributed by atoms with Crippen molar-refractivity contribution in [3.63, 3.8) is 0 Å². The van der Waals surface area contributed by atoms with Gasteiger partial charge in [0, 0.05) is 19.6 Å². The molecule has 0 amide bonds. The van der Waals surface area contributed by atoms with Crippen LogP contribution in [0.3, 0.4) is 0 Å². The van der Waals surface area contributed by atoms with E-state index < -0.39 is 20.2 Å². The quantitative estimate of drug-likeness (QED) is 0.749. The fourth-order valence-electron chi connectivity index (χ4n) is 2.43. The van der Waals surface area contributed by atoms with Gasteiger partial charge in [-0.15, -0.1) is 0 Å². The van der Waals surface area contributed by atoms with E-state index in [0.717, 1.165) is 0 Å². The molecule has 8 nitrogen and oxygen atoms in total. The van der Waals surface area contributed by atoms with Gasteiger partial charge in [0.25, 0.3) is 10.2 Å². The number of primary sulfonamides is 1. The number of nitrogens with zero attached hydrogens (tertiary/aromatic N) is 1. The van der Waals surface area contributed by atoms with Gasteiger partial charge in [0.15, 0.2) is 0 Å². The Morgan fingerprint density at radius 2 is 1.83 bits per heavy atom. The van der Waals surface area contributed by atoms with Crippen molar-refractivity contribution in [2.45, 2.75) is 37.5 Å². The molecule has 130 valence electrons. The molecule has 2 unspecified atom stereocenters. The van der Waals surface area contributed by atoms with Crippen molar-refractivity contribution in [1.82, 2.24) is 9.03 Å². The Hall–Kier alpha value is -1.04. The van der Waals surface area contributed by atoms with Gasteiger partial charge in [0.05, 0.1) is 17.1 Å². The van der Waals surface area contributed by atoms with Gasteiger partial charge in [0.1, 0.15) is 0 Å². The van der Waals surface area contributed by atoms with Gasteiger partial charge in [-0.25, -0.2) is 13.6 Å². The number of rotatable bonds is 5. The molecule has 3 N–H and O–H groups in total. The zero-order chi connectivity index (χ0) is 17.3. The van der Waals surface area contributed by atoms with Crippen molar-refractivity contribution < 1.29 is 21.6 Å². The van der Waals surface area contributed by atoms with E-state index in [1.165, 1.54) is 22.5 Å². The molecule has 0 saturated carbocycles. The molecule has 10 heteroatoms. The Morgan fingerprint density at radius 1 is 1.22 bits per heavy atom. The summed E-state index contributed by atoms with van der Waals surface area (Å²) in [5.41, 5.74) is 0.509. The fourth-order valence-corrected chi connectivity index (χ4v) is 4.35.